The van der Waals surface area contributed by atoms with E-state index in [9.17, 15) is 4.79 Å². The molecule has 4 nitrogen and oxygen atoms in total. The number of aryl methyl sites for hydroxylation is 1. The van der Waals surface area contributed by atoms with Crippen LogP contribution in [-0.4, -0.2) is 15.5 Å². The van der Waals surface area contributed by atoms with E-state index < -0.39 is 0 Å². The zero-order valence-electron chi connectivity index (χ0n) is 14.3. The molecule has 1 N–H and O–H groups in total. The highest BCUT2D eigenvalue weighted by molar-refractivity contribution is 5.81. The Balaban J connectivity index is 2.24. The predicted molar refractivity (Wildman–Crippen MR) is 90.5 cm³/mol. The first kappa shape index (κ1) is 16.5. The number of imidazole rings is 1. The Morgan fingerprint density at radius 3 is 2.59 bits per heavy atom. The Labute approximate surface area is 132 Å². The summed E-state index contributed by atoms with van der Waals surface area (Å²) in [5.74, 6) is 1.62. The Kier molecular flexibility index (Phi) is 4.89. The highest BCUT2D eigenvalue weighted by Crippen LogP contribution is 2.18. The van der Waals surface area contributed by atoms with E-state index in [1.54, 1.807) is 0 Å². The normalized spacial score (nSPS) is 12.1. The third-order valence-corrected chi connectivity index (χ3v) is 3.75. The van der Waals surface area contributed by atoms with Gasteiger partial charge in [0.25, 0.3) is 0 Å². The highest BCUT2D eigenvalue weighted by Gasteiger charge is 2.21. The van der Waals surface area contributed by atoms with Crippen LogP contribution in [0.4, 0.5) is 0 Å². The summed E-state index contributed by atoms with van der Waals surface area (Å²) in [7, 11) is 0. The molecular weight excluding hydrogens is 274 g/mol. The molecule has 2 rings (SSSR count). The van der Waals surface area contributed by atoms with Crippen LogP contribution in [0.25, 0.3) is 11.0 Å². The average Bonchev–Trinajstić information content (AvgIpc) is 2.79. The molecule has 1 amide bonds. The number of para-hydroxylation sites is 2. The van der Waals surface area contributed by atoms with Crippen molar-refractivity contribution >= 4 is 16.9 Å². The molecule has 1 heterocycles. The molecule has 0 atom stereocenters. The van der Waals surface area contributed by atoms with Crippen LogP contribution >= 0.6 is 0 Å². The standard InChI is InChI=1S/C18H27N3O/c1-13(2)10-11-21-15-9-7-6-8-14(15)20-16(21)12-19-17(22)18(3,4)5/h6-9,13H,10-12H2,1-5H3,(H,19,22). The van der Waals surface area contributed by atoms with E-state index in [0.717, 1.165) is 29.8 Å². The molecule has 0 bridgehead atoms. The Morgan fingerprint density at radius 2 is 1.95 bits per heavy atom. The van der Waals surface area contributed by atoms with Gasteiger partial charge in [0.05, 0.1) is 17.6 Å². The van der Waals surface area contributed by atoms with Crippen LogP contribution in [0.1, 0.15) is 46.9 Å². The molecule has 0 unspecified atom stereocenters. The minimum absolute atomic E-state index is 0.0509. The van der Waals surface area contributed by atoms with Gasteiger partial charge in [0.15, 0.2) is 0 Å². The summed E-state index contributed by atoms with van der Waals surface area (Å²) < 4.78 is 2.23. The number of fused-ring (bicyclic) bond motifs is 1. The maximum absolute atomic E-state index is 12.1. The van der Waals surface area contributed by atoms with Crippen LogP contribution < -0.4 is 5.32 Å². The summed E-state index contributed by atoms with van der Waals surface area (Å²) in [6.45, 7) is 11.6. The number of nitrogens with zero attached hydrogens (tertiary/aromatic N) is 2. The molecule has 4 heteroatoms. The van der Waals surface area contributed by atoms with Gasteiger partial charge in [-0.05, 0) is 24.5 Å². The lowest BCUT2D eigenvalue weighted by Gasteiger charge is -2.18. The van der Waals surface area contributed by atoms with E-state index >= 15 is 0 Å². The van der Waals surface area contributed by atoms with Crippen LogP contribution in [0, 0.1) is 11.3 Å². The first-order chi connectivity index (χ1) is 10.3. The second kappa shape index (κ2) is 6.51. The van der Waals surface area contributed by atoms with Crippen molar-refractivity contribution in [1.29, 1.82) is 0 Å². The number of carbonyl (C=O) groups excluding carboxylic acids is 1. The fraction of sp³-hybridized carbons (Fsp3) is 0.556. The van der Waals surface area contributed by atoms with Crippen LogP contribution in [0.15, 0.2) is 24.3 Å². The van der Waals surface area contributed by atoms with Crippen molar-refractivity contribution in [3.63, 3.8) is 0 Å². The van der Waals surface area contributed by atoms with Gasteiger partial charge in [0.2, 0.25) is 5.91 Å². The Bertz CT molecular complexity index is 650. The number of carbonyl (C=O) groups is 1. The van der Waals surface area contributed by atoms with Gasteiger partial charge in [0, 0.05) is 12.0 Å². The SMILES string of the molecule is CC(C)CCn1c(CNC(=O)C(C)(C)C)nc2ccccc21. The molecule has 0 saturated heterocycles. The quantitative estimate of drug-likeness (QED) is 0.914. The van der Waals surface area contributed by atoms with Gasteiger partial charge in [-0.15, -0.1) is 0 Å². The molecule has 0 spiro atoms. The monoisotopic (exact) mass is 301 g/mol. The maximum atomic E-state index is 12.1. The molecule has 0 aliphatic carbocycles. The molecule has 22 heavy (non-hydrogen) atoms. The minimum atomic E-state index is -0.380. The number of aromatic nitrogens is 2. The fourth-order valence-corrected chi connectivity index (χ4v) is 2.32. The molecule has 1 aromatic heterocycles. The largest absolute Gasteiger partial charge is 0.348 e. The number of hydrogen-bond acceptors (Lipinski definition) is 2. The maximum Gasteiger partial charge on any atom is 0.225 e. The molecule has 0 saturated carbocycles. The summed E-state index contributed by atoms with van der Waals surface area (Å²) in [6.07, 6.45) is 1.10. The Morgan fingerprint density at radius 1 is 1.27 bits per heavy atom. The molecular formula is C18H27N3O. The zero-order valence-corrected chi connectivity index (χ0v) is 14.3. The number of hydrogen-bond donors (Lipinski definition) is 1. The van der Waals surface area contributed by atoms with E-state index in [-0.39, 0.29) is 11.3 Å². The Hall–Kier alpha value is -1.84. The molecule has 0 fully saturated rings. The van der Waals surface area contributed by atoms with Gasteiger partial charge in [-0.2, -0.15) is 0 Å². The summed E-state index contributed by atoms with van der Waals surface area (Å²) in [5.41, 5.74) is 1.75. The van der Waals surface area contributed by atoms with Gasteiger partial charge >= 0.3 is 0 Å². The summed E-state index contributed by atoms with van der Waals surface area (Å²) in [6, 6.07) is 8.15. The number of amides is 1. The lowest BCUT2D eigenvalue weighted by Crippen LogP contribution is -2.35. The fourth-order valence-electron chi connectivity index (χ4n) is 2.32. The molecule has 1 aromatic carbocycles. The molecule has 0 radical (unpaired) electrons. The van der Waals surface area contributed by atoms with E-state index in [4.69, 9.17) is 4.98 Å². The lowest BCUT2D eigenvalue weighted by atomic mass is 9.96. The van der Waals surface area contributed by atoms with E-state index in [0.29, 0.717) is 12.5 Å². The zero-order chi connectivity index (χ0) is 16.3. The van der Waals surface area contributed by atoms with Crippen LogP contribution in [0.3, 0.4) is 0 Å². The van der Waals surface area contributed by atoms with Gasteiger partial charge in [-0.1, -0.05) is 46.8 Å². The molecule has 120 valence electrons. The second-order valence-electron chi connectivity index (χ2n) is 7.28. The van der Waals surface area contributed by atoms with Gasteiger partial charge in [-0.25, -0.2) is 4.98 Å². The summed E-state index contributed by atoms with van der Waals surface area (Å²) in [5, 5.41) is 3.01. The van der Waals surface area contributed by atoms with Crippen LogP contribution in [0.2, 0.25) is 0 Å². The van der Waals surface area contributed by atoms with Crippen molar-refractivity contribution in [2.45, 2.75) is 54.1 Å². The van der Waals surface area contributed by atoms with E-state index in [1.165, 1.54) is 0 Å². The summed E-state index contributed by atoms with van der Waals surface area (Å²) in [4.78, 5) is 16.8. The third kappa shape index (κ3) is 3.87. The topological polar surface area (TPSA) is 46.9 Å². The molecule has 0 aliphatic heterocycles. The van der Waals surface area contributed by atoms with Gasteiger partial charge in [0.1, 0.15) is 5.82 Å². The van der Waals surface area contributed by atoms with Crippen molar-refractivity contribution < 1.29 is 4.79 Å². The van der Waals surface area contributed by atoms with Crippen molar-refractivity contribution in [1.82, 2.24) is 14.9 Å². The lowest BCUT2D eigenvalue weighted by molar-refractivity contribution is -0.128. The third-order valence-electron chi connectivity index (χ3n) is 3.75. The number of benzene rings is 1. The average molecular weight is 301 g/mol. The van der Waals surface area contributed by atoms with E-state index in [1.807, 2.05) is 39.0 Å². The van der Waals surface area contributed by atoms with Crippen LogP contribution in [0.5, 0.6) is 0 Å². The van der Waals surface area contributed by atoms with Gasteiger partial charge < -0.3 is 9.88 Å². The van der Waals surface area contributed by atoms with Gasteiger partial charge in [-0.3, -0.25) is 4.79 Å². The first-order valence-electron chi connectivity index (χ1n) is 8.01. The van der Waals surface area contributed by atoms with E-state index in [2.05, 4.69) is 29.8 Å². The van der Waals surface area contributed by atoms with Crippen molar-refractivity contribution in [3.05, 3.63) is 30.1 Å². The predicted octanol–water partition coefficient (Wildman–Crippen LogP) is 3.74. The second-order valence-corrected chi connectivity index (χ2v) is 7.28. The number of rotatable bonds is 5. The smallest absolute Gasteiger partial charge is 0.225 e. The molecule has 2 aromatic rings. The number of nitrogens with one attached hydrogen (secondary N) is 1. The summed E-state index contributed by atoms with van der Waals surface area (Å²) >= 11 is 0. The van der Waals surface area contributed by atoms with Crippen molar-refractivity contribution in [3.8, 4) is 0 Å². The van der Waals surface area contributed by atoms with Crippen LogP contribution in [-0.2, 0) is 17.9 Å². The first-order valence-corrected chi connectivity index (χ1v) is 8.01. The minimum Gasteiger partial charge on any atom is -0.348 e. The van der Waals surface area contributed by atoms with Crippen molar-refractivity contribution in [2.24, 2.45) is 11.3 Å². The van der Waals surface area contributed by atoms with Crippen molar-refractivity contribution in [2.75, 3.05) is 0 Å². The molecule has 0 aliphatic rings. The highest BCUT2D eigenvalue weighted by atomic mass is 16.2.